The average Bonchev–Trinajstić information content (AvgIpc) is 2.47. The molecule has 1 heterocycles. The van der Waals surface area contributed by atoms with Crippen molar-refractivity contribution in [2.24, 2.45) is 13.0 Å². The van der Waals surface area contributed by atoms with Gasteiger partial charge < -0.3 is 4.57 Å². The third-order valence-corrected chi connectivity index (χ3v) is 3.45. The van der Waals surface area contributed by atoms with Gasteiger partial charge >= 0.3 is 0 Å². The van der Waals surface area contributed by atoms with Gasteiger partial charge in [-0.15, -0.1) is 11.6 Å². The molecule has 0 aliphatic carbocycles. The highest BCUT2D eigenvalue weighted by molar-refractivity contribution is 7.99. The Labute approximate surface area is 82.3 Å². The zero-order valence-electron chi connectivity index (χ0n) is 7.33. The third-order valence-electron chi connectivity index (χ3n) is 1.54. The Morgan fingerprint density at radius 3 is 3.00 bits per heavy atom. The molecule has 0 saturated carbocycles. The largest absolute Gasteiger partial charge is 0.329 e. The van der Waals surface area contributed by atoms with Crippen LogP contribution < -0.4 is 0 Å². The van der Waals surface area contributed by atoms with Crippen molar-refractivity contribution in [2.45, 2.75) is 12.1 Å². The van der Waals surface area contributed by atoms with E-state index in [4.69, 9.17) is 11.6 Å². The lowest BCUT2D eigenvalue weighted by molar-refractivity contribution is 0.746. The highest BCUT2D eigenvalue weighted by atomic mass is 35.5. The molecule has 0 aromatic carbocycles. The van der Waals surface area contributed by atoms with Crippen LogP contribution in [0.5, 0.6) is 0 Å². The number of hydrogen-bond donors (Lipinski definition) is 0. The van der Waals surface area contributed by atoms with Gasteiger partial charge in [0.25, 0.3) is 0 Å². The van der Waals surface area contributed by atoms with Gasteiger partial charge in [0, 0.05) is 31.1 Å². The quantitative estimate of drug-likeness (QED) is 0.554. The minimum absolute atomic E-state index is 0.549. The first-order valence-corrected chi connectivity index (χ1v) is 5.42. The molecule has 68 valence electrons. The first kappa shape index (κ1) is 9.93. The van der Waals surface area contributed by atoms with Crippen LogP contribution in [0, 0.1) is 5.92 Å². The van der Waals surface area contributed by atoms with E-state index in [0.717, 1.165) is 16.8 Å². The summed E-state index contributed by atoms with van der Waals surface area (Å²) in [7, 11) is 2.00. The van der Waals surface area contributed by atoms with Crippen LogP contribution in [0.2, 0.25) is 0 Å². The third kappa shape index (κ3) is 2.72. The Balaban J connectivity index is 2.38. The molecule has 4 heteroatoms. The van der Waals surface area contributed by atoms with E-state index >= 15 is 0 Å². The van der Waals surface area contributed by atoms with Gasteiger partial charge in [0.05, 0.1) is 0 Å². The standard InChI is InChI=1S/C8H13ClN2S/c1-7(5-9)6-12-8-10-3-4-11(8)2/h3-4,7H,5-6H2,1-2H3. The molecule has 0 amide bonds. The highest BCUT2D eigenvalue weighted by Gasteiger charge is 2.03. The van der Waals surface area contributed by atoms with Gasteiger partial charge in [0.1, 0.15) is 0 Å². The maximum atomic E-state index is 5.69. The molecular weight excluding hydrogens is 192 g/mol. The molecule has 0 radical (unpaired) electrons. The Bertz CT molecular complexity index is 237. The van der Waals surface area contributed by atoms with Crippen LogP contribution in [-0.2, 0) is 7.05 Å². The summed E-state index contributed by atoms with van der Waals surface area (Å²) in [5.74, 6) is 2.31. The Morgan fingerprint density at radius 1 is 1.75 bits per heavy atom. The molecule has 0 N–H and O–H groups in total. The molecule has 1 aromatic rings. The van der Waals surface area contributed by atoms with Crippen molar-refractivity contribution in [3.8, 4) is 0 Å². The van der Waals surface area contributed by atoms with E-state index in [9.17, 15) is 0 Å². The Hall–Kier alpha value is -0.150. The summed E-state index contributed by atoms with van der Waals surface area (Å²) in [5.41, 5.74) is 0. The van der Waals surface area contributed by atoms with Crippen LogP contribution in [0.15, 0.2) is 17.6 Å². The molecule has 0 fully saturated rings. The van der Waals surface area contributed by atoms with Crippen molar-refractivity contribution < 1.29 is 0 Å². The smallest absolute Gasteiger partial charge is 0.167 e. The van der Waals surface area contributed by atoms with E-state index in [0.29, 0.717) is 5.92 Å². The van der Waals surface area contributed by atoms with Crippen molar-refractivity contribution >= 4 is 23.4 Å². The van der Waals surface area contributed by atoms with Gasteiger partial charge in [-0.05, 0) is 5.92 Å². The first-order valence-electron chi connectivity index (χ1n) is 3.90. The molecule has 2 nitrogen and oxygen atoms in total. The summed E-state index contributed by atoms with van der Waals surface area (Å²) in [6, 6.07) is 0. The minimum atomic E-state index is 0.549. The number of nitrogens with zero attached hydrogens (tertiary/aromatic N) is 2. The van der Waals surface area contributed by atoms with Crippen molar-refractivity contribution in [3.05, 3.63) is 12.4 Å². The monoisotopic (exact) mass is 204 g/mol. The normalized spacial score (nSPS) is 13.2. The summed E-state index contributed by atoms with van der Waals surface area (Å²) in [6.07, 6.45) is 3.77. The van der Waals surface area contributed by atoms with Crippen LogP contribution in [0.25, 0.3) is 0 Å². The van der Waals surface area contributed by atoms with Crippen molar-refractivity contribution in [1.82, 2.24) is 9.55 Å². The van der Waals surface area contributed by atoms with Gasteiger partial charge in [-0.1, -0.05) is 18.7 Å². The maximum absolute atomic E-state index is 5.69. The topological polar surface area (TPSA) is 17.8 Å². The molecule has 1 unspecified atom stereocenters. The highest BCUT2D eigenvalue weighted by Crippen LogP contribution is 2.18. The molecule has 1 rings (SSSR count). The molecule has 0 aliphatic rings. The molecule has 0 saturated heterocycles. The van der Waals surface area contributed by atoms with E-state index in [1.165, 1.54) is 0 Å². The number of aromatic nitrogens is 2. The van der Waals surface area contributed by atoms with Crippen LogP contribution in [0.3, 0.4) is 0 Å². The van der Waals surface area contributed by atoms with E-state index in [1.807, 2.05) is 24.0 Å². The van der Waals surface area contributed by atoms with Gasteiger partial charge in [0.15, 0.2) is 5.16 Å². The van der Waals surface area contributed by atoms with Crippen molar-refractivity contribution in [3.63, 3.8) is 0 Å². The number of alkyl halides is 1. The zero-order valence-corrected chi connectivity index (χ0v) is 8.90. The molecule has 0 bridgehead atoms. The molecule has 1 aromatic heterocycles. The fourth-order valence-corrected chi connectivity index (χ4v) is 1.94. The molecule has 0 aliphatic heterocycles. The fourth-order valence-electron chi connectivity index (χ4n) is 0.752. The van der Waals surface area contributed by atoms with E-state index < -0.39 is 0 Å². The SMILES string of the molecule is CC(CCl)CSc1nccn1C. The summed E-state index contributed by atoms with van der Waals surface area (Å²) >= 11 is 7.45. The number of halogens is 1. The van der Waals surface area contributed by atoms with Crippen LogP contribution in [-0.4, -0.2) is 21.2 Å². The van der Waals surface area contributed by atoms with E-state index in [1.54, 1.807) is 11.8 Å². The summed E-state index contributed by atoms with van der Waals surface area (Å²) in [6.45, 7) is 2.14. The average molecular weight is 205 g/mol. The first-order chi connectivity index (χ1) is 5.74. The lowest BCUT2D eigenvalue weighted by atomic mass is 10.3. The number of rotatable bonds is 4. The second-order valence-corrected chi connectivity index (χ2v) is 4.19. The Kier molecular flexibility index (Phi) is 3.95. The predicted octanol–water partition coefficient (Wildman–Crippen LogP) is 2.39. The van der Waals surface area contributed by atoms with Gasteiger partial charge in [-0.25, -0.2) is 4.98 Å². The second-order valence-electron chi connectivity index (χ2n) is 2.89. The van der Waals surface area contributed by atoms with Gasteiger partial charge in [-0.3, -0.25) is 0 Å². The second kappa shape index (κ2) is 4.77. The summed E-state index contributed by atoms with van der Waals surface area (Å²) < 4.78 is 2.02. The van der Waals surface area contributed by atoms with Gasteiger partial charge in [0.2, 0.25) is 0 Å². The number of aryl methyl sites for hydroxylation is 1. The van der Waals surface area contributed by atoms with Crippen LogP contribution >= 0.6 is 23.4 Å². The maximum Gasteiger partial charge on any atom is 0.167 e. The predicted molar refractivity (Wildman–Crippen MR) is 53.8 cm³/mol. The van der Waals surface area contributed by atoms with E-state index in [2.05, 4.69) is 11.9 Å². The van der Waals surface area contributed by atoms with Crippen molar-refractivity contribution in [2.75, 3.05) is 11.6 Å². The fraction of sp³-hybridized carbons (Fsp3) is 0.625. The van der Waals surface area contributed by atoms with Crippen LogP contribution in [0.4, 0.5) is 0 Å². The molecule has 0 spiro atoms. The number of imidazole rings is 1. The summed E-state index contributed by atoms with van der Waals surface area (Å²) in [5, 5.41) is 1.06. The summed E-state index contributed by atoms with van der Waals surface area (Å²) in [4.78, 5) is 4.20. The number of hydrogen-bond acceptors (Lipinski definition) is 2. The van der Waals surface area contributed by atoms with E-state index in [-0.39, 0.29) is 0 Å². The molecule has 1 atom stereocenters. The number of thioether (sulfide) groups is 1. The molecule has 12 heavy (non-hydrogen) atoms. The minimum Gasteiger partial charge on any atom is -0.329 e. The lowest BCUT2D eigenvalue weighted by Crippen LogP contribution is -2.00. The van der Waals surface area contributed by atoms with Crippen molar-refractivity contribution in [1.29, 1.82) is 0 Å². The van der Waals surface area contributed by atoms with Gasteiger partial charge in [-0.2, -0.15) is 0 Å². The lowest BCUT2D eigenvalue weighted by Gasteiger charge is -2.05. The zero-order chi connectivity index (χ0) is 8.97. The van der Waals surface area contributed by atoms with Crippen LogP contribution in [0.1, 0.15) is 6.92 Å². The Morgan fingerprint density at radius 2 is 2.50 bits per heavy atom. The molecular formula is C8H13ClN2S.